The quantitative estimate of drug-likeness (QED) is 0.277. The van der Waals surface area contributed by atoms with Crippen LogP contribution in [0.4, 0.5) is 47.3 Å². The third-order valence-electron chi connectivity index (χ3n) is 6.83. The first-order valence-corrected chi connectivity index (χ1v) is 13.2. The standard InChI is InChI=1S/C28H22F6N2O5S/c1-16-7-6-12-21-22(16)23(37)26(15-42-21,13-35(24(38)39)19-10-4-2-8-17(19)27(29,30)31)14-36(25(40)41)20-11-5-3-9-18(20)28(32,33)34/h2-12H,13-15H2,1H3,(H,38,39)(H,40,41). The predicted molar refractivity (Wildman–Crippen MR) is 142 cm³/mol. The Labute approximate surface area is 239 Å². The van der Waals surface area contributed by atoms with Crippen LogP contribution < -0.4 is 9.80 Å². The molecule has 1 heterocycles. The van der Waals surface area contributed by atoms with Gasteiger partial charge in [-0.2, -0.15) is 26.3 Å². The molecule has 1 aliphatic rings. The maximum atomic E-state index is 14.2. The summed E-state index contributed by atoms with van der Waals surface area (Å²) in [6, 6.07) is 12.3. The Hall–Kier alpha value is -4.20. The molecule has 0 bridgehead atoms. The molecule has 2 N–H and O–H groups in total. The number of hydrogen-bond donors (Lipinski definition) is 2. The summed E-state index contributed by atoms with van der Waals surface area (Å²) in [6.07, 6.45) is -13.7. The molecule has 0 fully saturated rings. The van der Waals surface area contributed by atoms with Crippen LogP contribution in [0.5, 0.6) is 0 Å². The average molecular weight is 613 g/mol. The van der Waals surface area contributed by atoms with Crippen LogP contribution in [0, 0.1) is 12.3 Å². The highest BCUT2D eigenvalue weighted by molar-refractivity contribution is 7.99. The molecule has 0 saturated heterocycles. The van der Waals surface area contributed by atoms with Gasteiger partial charge in [-0.3, -0.25) is 14.6 Å². The summed E-state index contributed by atoms with van der Waals surface area (Å²) in [5.74, 6) is -1.14. The van der Waals surface area contributed by atoms with E-state index in [2.05, 4.69) is 0 Å². The topological polar surface area (TPSA) is 98.2 Å². The van der Waals surface area contributed by atoms with E-state index in [1.807, 2.05) is 0 Å². The summed E-state index contributed by atoms with van der Waals surface area (Å²) in [5.41, 5.74) is -5.88. The number of benzene rings is 3. The molecule has 0 atom stereocenters. The van der Waals surface area contributed by atoms with Crippen molar-refractivity contribution >= 4 is 41.1 Å². The fourth-order valence-electron chi connectivity index (χ4n) is 4.90. The van der Waals surface area contributed by atoms with Crippen molar-refractivity contribution in [3.05, 3.63) is 89.0 Å². The number of rotatable bonds is 6. The second-order valence-electron chi connectivity index (χ2n) is 9.61. The number of anilines is 2. The maximum absolute atomic E-state index is 14.2. The van der Waals surface area contributed by atoms with E-state index < -0.39 is 71.3 Å². The lowest BCUT2D eigenvalue weighted by molar-refractivity contribution is -0.137. The molecule has 4 rings (SSSR count). The van der Waals surface area contributed by atoms with Gasteiger partial charge in [-0.05, 0) is 42.8 Å². The first-order valence-electron chi connectivity index (χ1n) is 12.2. The van der Waals surface area contributed by atoms with Gasteiger partial charge in [-0.1, -0.05) is 36.4 Å². The number of carboxylic acid groups (broad SMARTS) is 2. The average Bonchev–Trinajstić information content (AvgIpc) is 2.91. The number of aryl methyl sites for hydroxylation is 1. The molecule has 42 heavy (non-hydrogen) atoms. The van der Waals surface area contributed by atoms with Crippen molar-refractivity contribution in [1.29, 1.82) is 0 Å². The van der Waals surface area contributed by atoms with Gasteiger partial charge in [0.05, 0.1) is 27.9 Å². The SMILES string of the molecule is Cc1cccc2c1C(=O)C(CN(C(=O)O)c1ccccc1C(F)(F)F)(CN(C(=O)O)c1ccccc1C(F)(F)F)CS2. The molecule has 0 spiro atoms. The predicted octanol–water partition coefficient (Wildman–Crippen LogP) is 7.68. The summed E-state index contributed by atoms with van der Waals surface area (Å²) in [5, 5.41) is 20.1. The van der Waals surface area contributed by atoms with Crippen molar-refractivity contribution < 1.29 is 50.9 Å². The van der Waals surface area contributed by atoms with Gasteiger partial charge < -0.3 is 10.2 Å². The number of ketones is 1. The van der Waals surface area contributed by atoms with Crippen molar-refractivity contribution in [3.8, 4) is 0 Å². The number of halogens is 6. The molecule has 0 aliphatic carbocycles. The summed E-state index contributed by atoms with van der Waals surface area (Å²) in [7, 11) is 0. The van der Waals surface area contributed by atoms with Crippen LogP contribution >= 0.6 is 11.8 Å². The number of Topliss-reactive ketones (excluding diaryl/α,β-unsaturated/α-hetero) is 1. The van der Waals surface area contributed by atoms with E-state index in [9.17, 15) is 50.9 Å². The van der Waals surface area contributed by atoms with Gasteiger partial charge in [0.2, 0.25) is 0 Å². The summed E-state index contributed by atoms with van der Waals surface area (Å²) in [6.45, 7) is -0.394. The number of carbonyl (C=O) groups is 3. The minimum absolute atomic E-state index is 0.0811. The number of fused-ring (bicyclic) bond motifs is 1. The highest BCUT2D eigenvalue weighted by Crippen LogP contribution is 2.46. The number of carbonyl (C=O) groups excluding carboxylic acids is 1. The lowest BCUT2D eigenvalue weighted by Gasteiger charge is -2.42. The summed E-state index contributed by atoms with van der Waals surface area (Å²) >= 11 is 1.03. The van der Waals surface area contributed by atoms with Gasteiger partial charge in [0.25, 0.3) is 0 Å². The van der Waals surface area contributed by atoms with E-state index in [4.69, 9.17) is 0 Å². The van der Waals surface area contributed by atoms with E-state index in [0.29, 0.717) is 32.4 Å². The van der Waals surface area contributed by atoms with Crippen molar-refractivity contribution in [3.63, 3.8) is 0 Å². The Bertz CT molecular complexity index is 1460. The Morgan fingerprint density at radius 3 is 1.67 bits per heavy atom. The molecule has 2 amide bonds. The maximum Gasteiger partial charge on any atom is 0.418 e. The Morgan fingerprint density at radius 2 is 1.24 bits per heavy atom. The zero-order valence-electron chi connectivity index (χ0n) is 21.7. The minimum atomic E-state index is -5.00. The lowest BCUT2D eigenvalue weighted by Crippen LogP contribution is -2.56. The Morgan fingerprint density at radius 1 is 0.786 bits per heavy atom. The fraction of sp³-hybridized carbons (Fsp3) is 0.250. The van der Waals surface area contributed by atoms with Crippen LogP contribution in [0.1, 0.15) is 27.0 Å². The van der Waals surface area contributed by atoms with Crippen molar-refractivity contribution in [1.82, 2.24) is 0 Å². The van der Waals surface area contributed by atoms with Gasteiger partial charge in [-0.15, -0.1) is 11.8 Å². The summed E-state index contributed by atoms with van der Waals surface area (Å²) < 4.78 is 83.3. The Balaban J connectivity index is 1.93. The third kappa shape index (κ3) is 5.89. The van der Waals surface area contributed by atoms with Crippen molar-refractivity contribution in [2.24, 2.45) is 5.41 Å². The molecule has 14 heteroatoms. The number of amides is 2. The zero-order valence-corrected chi connectivity index (χ0v) is 22.5. The Kier molecular flexibility index (Phi) is 8.22. The van der Waals surface area contributed by atoms with E-state index in [1.54, 1.807) is 25.1 Å². The van der Waals surface area contributed by atoms with Crippen LogP contribution in [0.25, 0.3) is 0 Å². The van der Waals surface area contributed by atoms with E-state index in [0.717, 1.165) is 48.2 Å². The monoisotopic (exact) mass is 612 g/mol. The highest BCUT2D eigenvalue weighted by atomic mass is 32.2. The van der Waals surface area contributed by atoms with Crippen molar-refractivity contribution in [2.75, 3.05) is 28.6 Å². The van der Waals surface area contributed by atoms with Crippen LogP contribution in [0.2, 0.25) is 0 Å². The fourth-order valence-corrected chi connectivity index (χ4v) is 6.22. The van der Waals surface area contributed by atoms with E-state index >= 15 is 0 Å². The molecule has 3 aromatic rings. The number of thioether (sulfide) groups is 1. The molecule has 0 aromatic heterocycles. The molecule has 0 radical (unpaired) electrons. The smallest absolute Gasteiger partial charge is 0.418 e. The highest BCUT2D eigenvalue weighted by Gasteiger charge is 2.50. The molecule has 222 valence electrons. The zero-order chi connectivity index (χ0) is 31.0. The number of hydrogen-bond acceptors (Lipinski definition) is 4. The van der Waals surface area contributed by atoms with Gasteiger partial charge in [0.15, 0.2) is 5.78 Å². The van der Waals surface area contributed by atoms with Crippen LogP contribution in [0.15, 0.2) is 71.6 Å². The number of para-hydroxylation sites is 2. The number of nitrogens with zero attached hydrogens (tertiary/aromatic N) is 2. The van der Waals surface area contributed by atoms with E-state index in [-0.39, 0.29) is 11.3 Å². The normalized spacial score (nSPS) is 14.7. The molecule has 1 aliphatic heterocycles. The van der Waals surface area contributed by atoms with Gasteiger partial charge >= 0.3 is 24.5 Å². The van der Waals surface area contributed by atoms with Crippen LogP contribution in [-0.4, -0.2) is 47.0 Å². The minimum Gasteiger partial charge on any atom is -0.465 e. The molecular formula is C28H22F6N2O5S. The first-order chi connectivity index (χ1) is 19.6. The van der Waals surface area contributed by atoms with Gasteiger partial charge in [0.1, 0.15) is 0 Å². The molecule has 7 nitrogen and oxygen atoms in total. The van der Waals surface area contributed by atoms with Crippen LogP contribution in [-0.2, 0) is 12.4 Å². The molecule has 0 unspecified atom stereocenters. The van der Waals surface area contributed by atoms with Crippen LogP contribution in [0.3, 0.4) is 0 Å². The summed E-state index contributed by atoms with van der Waals surface area (Å²) in [4.78, 5) is 40.2. The third-order valence-corrected chi connectivity index (χ3v) is 8.18. The molecule has 0 saturated carbocycles. The van der Waals surface area contributed by atoms with Gasteiger partial charge in [-0.25, -0.2) is 9.59 Å². The molecular weight excluding hydrogens is 590 g/mol. The van der Waals surface area contributed by atoms with Gasteiger partial charge in [0, 0.05) is 29.3 Å². The first kappa shape index (κ1) is 30.8. The second kappa shape index (κ2) is 11.2. The van der Waals surface area contributed by atoms with E-state index in [1.165, 1.54) is 0 Å². The lowest BCUT2D eigenvalue weighted by atomic mass is 9.78. The molecule has 3 aromatic carbocycles. The second-order valence-corrected chi connectivity index (χ2v) is 10.6. The number of alkyl halides is 6. The largest absolute Gasteiger partial charge is 0.465 e. The van der Waals surface area contributed by atoms with Crippen molar-refractivity contribution in [2.45, 2.75) is 24.2 Å².